The van der Waals surface area contributed by atoms with Crippen LogP contribution in [0.15, 0.2) is 60.7 Å². The fourth-order valence-electron chi connectivity index (χ4n) is 5.15. The van der Waals surface area contributed by atoms with Crippen LogP contribution in [0.3, 0.4) is 0 Å². The average Bonchev–Trinajstić information content (AvgIpc) is 2.86. The average molecular weight is 441 g/mol. The summed E-state index contributed by atoms with van der Waals surface area (Å²) in [4.78, 5) is 27.4. The van der Waals surface area contributed by atoms with Gasteiger partial charge in [-0.2, -0.15) is 0 Å². The number of nitrogens with zero attached hydrogens (tertiary/aromatic N) is 4. The molecule has 1 aromatic heterocycles. The van der Waals surface area contributed by atoms with Gasteiger partial charge in [0.2, 0.25) is 5.91 Å². The second-order valence-electron chi connectivity index (χ2n) is 9.22. The van der Waals surface area contributed by atoms with Gasteiger partial charge < -0.3 is 0 Å². The van der Waals surface area contributed by atoms with Crippen LogP contribution in [-0.2, 0) is 24.2 Å². The molecule has 0 N–H and O–H groups in total. The molecular formula is C28H32N4O. The highest BCUT2D eigenvalue weighted by Crippen LogP contribution is 2.34. The predicted molar refractivity (Wildman–Crippen MR) is 131 cm³/mol. The summed E-state index contributed by atoms with van der Waals surface area (Å²) in [5.41, 5.74) is 4.64. The van der Waals surface area contributed by atoms with Gasteiger partial charge in [-0.25, -0.2) is 9.97 Å². The Morgan fingerprint density at radius 3 is 2.39 bits per heavy atom. The standard InChI is InChI=1S/C28H32N4O/c1-21-24-15-16-26(33)32(20-23-12-6-3-7-13-23)28(24)30-27(29-21)25-14-8-9-18-31(25)19-17-22-10-4-2-5-11-22/h2-7,10-13,25H,8-9,14-20H2,1H3. The number of benzene rings is 2. The molecule has 5 heteroatoms. The van der Waals surface area contributed by atoms with E-state index < -0.39 is 0 Å². The molecule has 1 atom stereocenters. The summed E-state index contributed by atoms with van der Waals surface area (Å²) in [6.45, 7) is 4.72. The number of aromatic nitrogens is 2. The summed E-state index contributed by atoms with van der Waals surface area (Å²) in [6.07, 6.45) is 5.76. The highest BCUT2D eigenvalue weighted by molar-refractivity contribution is 5.95. The molecule has 1 amide bonds. The number of likely N-dealkylation sites (tertiary alicyclic amines) is 1. The van der Waals surface area contributed by atoms with Gasteiger partial charge in [0, 0.05) is 24.2 Å². The number of hydrogen-bond donors (Lipinski definition) is 0. The van der Waals surface area contributed by atoms with E-state index in [4.69, 9.17) is 9.97 Å². The van der Waals surface area contributed by atoms with Crippen molar-refractivity contribution in [3.05, 3.63) is 88.9 Å². The van der Waals surface area contributed by atoms with Gasteiger partial charge in [-0.05, 0) is 50.3 Å². The van der Waals surface area contributed by atoms with Gasteiger partial charge in [0.15, 0.2) is 0 Å². The zero-order valence-corrected chi connectivity index (χ0v) is 19.4. The Labute approximate surface area is 196 Å². The molecule has 2 aliphatic rings. The molecule has 2 aliphatic heterocycles. The first-order chi connectivity index (χ1) is 16.2. The zero-order valence-electron chi connectivity index (χ0n) is 19.4. The minimum absolute atomic E-state index is 0.153. The van der Waals surface area contributed by atoms with Gasteiger partial charge >= 0.3 is 0 Å². The molecule has 3 heterocycles. The lowest BCUT2D eigenvalue weighted by atomic mass is 9.98. The van der Waals surface area contributed by atoms with Crippen LogP contribution >= 0.6 is 0 Å². The minimum atomic E-state index is 0.153. The van der Waals surface area contributed by atoms with Crippen molar-refractivity contribution in [1.29, 1.82) is 0 Å². The molecule has 3 aromatic rings. The van der Waals surface area contributed by atoms with Crippen LogP contribution in [0.2, 0.25) is 0 Å². The van der Waals surface area contributed by atoms with E-state index in [0.717, 1.165) is 60.8 Å². The number of amides is 1. The summed E-state index contributed by atoms with van der Waals surface area (Å²) >= 11 is 0. The van der Waals surface area contributed by atoms with E-state index in [2.05, 4.69) is 54.3 Å². The lowest BCUT2D eigenvalue weighted by Gasteiger charge is -2.36. The normalized spacial score (nSPS) is 18.9. The molecule has 170 valence electrons. The predicted octanol–water partition coefficient (Wildman–Crippen LogP) is 5.03. The third-order valence-corrected chi connectivity index (χ3v) is 6.98. The lowest BCUT2D eigenvalue weighted by molar-refractivity contribution is -0.119. The van der Waals surface area contributed by atoms with Gasteiger partial charge in [-0.1, -0.05) is 67.1 Å². The monoisotopic (exact) mass is 440 g/mol. The number of rotatable bonds is 6. The summed E-state index contributed by atoms with van der Waals surface area (Å²) in [6, 6.07) is 21.1. The van der Waals surface area contributed by atoms with Crippen LogP contribution in [0.4, 0.5) is 5.82 Å². The molecule has 5 rings (SSSR count). The van der Waals surface area contributed by atoms with E-state index in [9.17, 15) is 4.79 Å². The van der Waals surface area contributed by atoms with Crippen molar-refractivity contribution in [2.24, 2.45) is 0 Å². The Hall–Kier alpha value is -3.05. The van der Waals surface area contributed by atoms with E-state index in [0.29, 0.717) is 13.0 Å². The quantitative estimate of drug-likeness (QED) is 0.539. The second kappa shape index (κ2) is 9.84. The largest absolute Gasteiger partial charge is 0.293 e. The van der Waals surface area contributed by atoms with E-state index in [1.165, 1.54) is 18.4 Å². The molecule has 0 radical (unpaired) electrons. The van der Waals surface area contributed by atoms with Crippen molar-refractivity contribution in [3.63, 3.8) is 0 Å². The van der Waals surface area contributed by atoms with E-state index in [1.807, 2.05) is 23.1 Å². The van der Waals surface area contributed by atoms with Crippen LogP contribution in [0.5, 0.6) is 0 Å². The smallest absolute Gasteiger partial charge is 0.228 e. The summed E-state index contributed by atoms with van der Waals surface area (Å²) in [5, 5.41) is 0. The third kappa shape index (κ3) is 4.83. The van der Waals surface area contributed by atoms with Crippen LogP contribution in [0.1, 0.15) is 59.9 Å². The Bertz CT molecular complexity index is 1100. The van der Waals surface area contributed by atoms with Crippen molar-refractivity contribution in [2.75, 3.05) is 18.0 Å². The number of aryl methyl sites for hydroxylation is 1. The Balaban J connectivity index is 1.43. The van der Waals surface area contributed by atoms with Gasteiger partial charge in [0.05, 0.1) is 12.6 Å². The molecule has 0 saturated carbocycles. The maximum atomic E-state index is 12.9. The number of fused-ring (bicyclic) bond motifs is 1. The summed E-state index contributed by atoms with van der Waals surface area (Å²) in [5.74, 6) is 1.86. The van der Waals surface area contributed by atoms with E-state index >= 15 is 0 Å². The van der Waals surface area contributed by atoms with Gasteiger partial charge in [-0.15, -0.1) is 0 Å². The van der Waals surface area contributed by atoms with Gasteiger partial charge in [0.1, 0.15) is 11.6 Å². The lowest BCUT2D eigenvalue weighted by Crippen LogP contribution is -2.39. The molecular weight excluding hydrogens is 408 g/mol. The third-order valence-electron chi connectivity index (χ3n) is 6.98. The number of carbonyl (C=O) groups is 1. The van der Waals surface area contributed by atoms with E-state index in [-0.39, 0.29) is 11.9 Å². The van der Waals surface area contributed by atoms with Crippen molar-refractivity contribution in [3.8, 4) is 0 Å². The molecule has 2 aromatic carbocycles. The molecule has 5 nitrogen and oxygen atoms in total. The van der Waals surface area contributed by atoms with E-state index in [1.54, 1.807) is 0 Å². The summed E-state index contributed by atoms with van der Waals surface area (Å²) < 4.78 is 0. The topological polar surface area (TPSA) is 49.3 Å². The van der Waals surface area contributed by atoms with Crippen LogP contribution < -0.4 is 4.90 Å². The number of piperidine rings is 1. The summed E-state index contributed by atoms with van der Waals surface area (Å²) in [7, 11) is 0. The Morgan fingerprint density at radius 1 is 0.909 bits per heavy atom. The van der Waals surface area contributed by atoms with Gasteiger partial charge in [-0.3, -0.25) is 14.6 Å². The molecule has 1 fully saturated rings. The van der Waals surface area contributed by atoms with Crippen LogP contribution in [-0.4, -0.2) is 33.9 Å². The molecule has 0 aliphatic carbocycles. The first kappa shape index (κ1) is 21.8. The van der Waals surface area contributed by atoms with Crippen molar-refractivity contribution in [2.45, 2.75) is 58.0 Å². The molecule has 1 saturated heterocycles. The Kier molecular flexibility index (Phi) is 6.49. The fourth-order valence-corrected chi connectivity index (χ4v) is 5.15. The SMILES string of the molecule is Cc1nc(C2CCCCN2CCc2ccccc2)nc2c1CCC(=O)N2Cc1ccccc1. The van der Waals surface area contributed by atoms with Crippen molar-refractivity contribution >= 4 is 11.7 Å². The van der Waals surface area contributed by atoms with Gasteiger partial charge in [0.25, 0.3) is 0 Å². The Morgan fingerprint density at radius 2 is 1.64 bits per heavy atom. The maximum Gasteiger partial charge on any atom is 0.228 e. The number of anilines is 1. The maximum absolute atomic E-state index is 12.9. The van der Waals surface area contributed by atoms with Crippen molar-refractivity contribution < 1.29 is 4.79 Å². The zero-order chi connectivity index (χ0) is 22.6. The minimum Gasteiger partial charge on any atom is -0.293 e. The number of carbonyl (C=O) groups excluding carboxylic acids is 1. The molecule has 33 heavy (non-hydrogen) atoms. The molecule has 0 bridgehead atoms. The first-order valence-electron chi connectivity index (χ1n) is 12.2. The highest BCUT2D eigenvalue weighted by Gasteiger charge is 2.32. The molecule has 1 unspecified atom stereocenters. The highest BCUT2D eigenvalue weighted by atomic mass is 16.2. The van der Waals surface area contributed by atoms with Crippen LogP contribution in [0.25, 0.3) is 0 Å². The first-order valence-corrected chi connectivity index (χ1v) is 12.2. The second-order valence-corrected chi connectivity index (χ2v) is 9.22. The molecule has 0 spiro atoms. The fraction of sp³-hybridized carbons (Fsp3) is 0.393. The van der Waals surface area contributed by atoms with Crippen molar-refractivity contribution in [1.82, 2.24) is 14.9 Å². The number of hydrogen-bond acceptors (Lipinski definition) is 4. The van der Waals surface area contributed by atoms with Crippen LogP contribution in [0, 0.1) is 6.92 Å².